The van der Waals surface area contributed by atoms with Crippen molar-refractivity contribution in [2.75, 3.05) is 6.54 Å². The van der Waals surface area contributed by atoms with Gasteiger partial charge in [-0.1, -0.05) is 13.8 Å². The Morgan fingerprint density at radius 2 is 2.00 bits per heavy atom. The molecule has 1 nitrogen and oxygen atoms in total. The van der Waals surface area contributed by atoms with Gasteiger partial charge in [-0.2, -0.15) is 0 Å². The van der Waals surface area contributed by atoms with Gasteiger partial charge >= 0.3 is 0 Å². The molecule has 0 aromatic heterocycles. The van der Waals surface area contributed by atoms with Crippen molar-refractivity contribution in [1.82, 2.24) is 5.32 Å². The highest BCUT2D eigenvalue weighted by Gasteiger charge is 2.26. The summed E-state index contributed by atoms with van der Waals surface area (Å²) in [7, 11) is 0. The summed E-state index contributed by atoms with van der Waals surface area (Å²) in [5.41, 5.74) is 1.12. The van der Waals surface area contributed by atoms with E-state index in [2.05, 4.69) is 12.2 Å². The van der Waals surface area contributed by atoms with Crippen LogP contribution in [0.5, 0.6) is 0 Å². The molecule has 0 aliphatic heterocycles. The molecule has 94 valence electrons. The molecule has 0 saturated carbocycles. The Morgan fingerprint density at radius 3 is 2.71 bits per heavy atom. The summed E-state index contributed by atoms with van der Waals surface area (Å²) in [6, 6.07) is 2.44. The minimum Gasteiger partial charge on any atom is -0.310 e. The minimum atomic E-state index is -0.276. The first kappa shape index (κ1) is 12.5. The molecular weight excluding hydrogens is 220 g/mol. The van der Waals surface area contributed by atoms with Gasteiger partial charge < -0.3 is 5.32 Å². The topological polar surface area (TPSA) is 12.0 Å². The fourth-order valence-corrected chi connectivity index (χ4v) is 2.70. The van der Waals surface area contributed by atoms with Gasteiger partial charge in [0.2, 0.25) is 0 Å². The van der Waals surface area contributed by atoms with Crippen LogP contribution in [0.2, 0.25) is 0 Å². The normalized spacial score (nSPS) is 24.2. The number of fused-ring (bicyclic) bond motifs is 1. The van der Waals surface area contributed by atoms with Crippen molar-refractivity contribution in [3.8, 4) is 0 Å². The maximum Gasteiger partial charge on any atom is 0.128 e. The summed E-state index contributed by atoms with van der Waals surface area (Å²) in [5, 5.41) is 3.27. The minimum absolute atomic E-state index is 0.0526. The van der Waals surface area contributed by atoms with Crippen LogP contribution in [0.4, 0.5) is 8.78 Å². The Kier molecular flexibility index (Phi) is 3.77. The van der Waals surface area contributed by atoms with Gasteiger partial charge in [-0.25, -0.2) is 8.78 Å². The van der Waals surface area contributed by atoms with Crippen molar-refractivity contribution in [2.45, 2.75) is 39.2 Å². The van der Waals surface area contributed by atoms with Crippen LogP contribution >= 0.6 is 0 Å². The lowest BCUT2D eigenvalue weighted by Crippen LogP contribution is -2.23. The first-order valence-corrected chi connectivity index (χ1v) is 6.33. The average Bonchev–Trinajstić information content (AvgIpc) is 2.45. The van der Waals surface area contributed by atoms with Crippen molar-refractivity contribution in [2.24, 2.45) is 5.92 Å². The first-order chi connectivity index (χ1) is 8.13. The van der Waals surface area contributed by atoms with Crippen molar-refractivity contribution < 1.29 is 8.78 Å². The van der Waals surface area contributed by atoms with Gasteiger partial charge in [0.1, 0.15) is 11.6 Å². The molecule has 2 unspecified atom stereocenters. The Morgan fingerprint density at radius 1 is 1.29 bits per heavy atom. The highest BCUT2D eigenvalue weighted by atomic mass is 19.1. The molecule has 0 amide bonds. The van der Waals surface area contributed by atoms with E-state index in [9.17, 15) is 8.78 Å². The summed E-state index contributed by atoms with van der Waals surface area (Å²) in [5.74, 6) is -0.0508. The van der Waals surface area contributed by atoms with Gasteiger partial charge in [0.25, 0.3) is 0 Å². The van der Waals surface area contributed by atoms with E-state index in [1.165, 1.54) is 12.1 Å². The third kappa shape index (κ3) is 2.49. The number of nitrogens with one attached hydrogen (secondary N) is 1. The van der Waals surface area contributed by atoms with Crippen LogP contribution in [0, 0.1) is 17.6 Å². The van der Waals surface area contributed by atoms with Crippen LogP contribution in [0.3, 0.4) is 0 Å². The molecule has 1 aliphatic rings. The molecule has 1 aliphatic carbocycles. The van der Waals surface area contributed by atoms with E-state index in [4.69, 9.17) is 0 Å². The van der Waals surface area contributed by atoms with Gasteiger partial charge in [-0.15, -0.1) is 0 Å². The zero-order valence-corrected chi connectivity index (χ0v) is 10.4. The zero-order chi connectivity index (χ0) is 12.4. The first-order valence-electron chi connectivity index (χ1n) is 6.33. The number of halogens is 2. The predicted molar refractivity (Wildman–Crippen MR) is 64.9 cm³/mol. The lowest BCUT2D eigenvalue weighted by atomic mass is 9.96. The summed E-state index contributed by atoms with van der Waals surface area (Å²) < 4.78 is 27.7. The van der Waals surface area contributed by atoms with E-state index < -0.39 is 0 Å². The van der Waals surface area contributed by atoms with Gasteiger partial charge in [-0.05, 0) is 49.4 Å². The summed E-state index contributed by atoms with van der Waals surface area (Å²) >= 11 is 0. The van der Waals surface area contributed by atoms with E-state index in [1.54, 1.807) is 0 Å². The van der Waals surface area contributed by atoms with E-state index in [-0.39, 0.29) is 17.7 Å². The molecule has 0 radical (unpaired) electrons. The van der Waals surface area contributed by atoms with Crippen LogP contribution < -0.4 is 5.32 Å². The highest BCUT2D eigenvalue weighted by molar-refractivity contribution is 5.34. The second-order valence-electron chi connectivity index (χ2n) is 4.91. The molecule has 0 saturated heterocycles. The maximum absolute atomic E-state index is 13.9. The van der Waals surface area contributed by atoms with Crippen molar-refractivity contribution in [1.29, 1.82) is 0 Å². The number of benzene rings is 1. The molecule has 2 rings (SSSR count). The second-order valence-corrected chi connectivity index (χ2v) is 4.91. The van der Waals surface area contributed by atoms with Crippen LogP contribution in [-0.4, -0.2) is 6.54 Å². The van der Waals surface area contributed by atoms with E-state index >= 15 is 0 Å². The molecule has 17 heavy (non-hydrogen) atoms. The summed E-state index contributed by atoms with van der Waals surface area (Å²) in [4.78, 5) is 0. The SMILES string of the molecule is CCNC1CC(C)CCc2c(F)ccc(F)c21. The standard InChI is InChI=1S/C14H19F2N/c1-3-17-13-8-9(2)4-5-10-11(15)6-7-12(16)14(10)13/h6-7,9,13,17H,3-5,8H2,1-2H3. The van der Waals surface area contributed by atoms with Crippen molar-refractivity contribution in [3.05, 3.63) is 34.9 Å². The number of rotatable bonds is 2. The number of hydrogen-bond donors (Lipinski definition) is 1. The Hall–Kier alpha value is -0.960. The van der Waals surface area contributed by atoms with Gasteiger partial charge in [-0.3, -0.25) is 0 Å². The maximum atomic E-state index is 13.9. The largest absolute Gasteiger partial charge is 0.310 e. The van der Waals surface area contributed by atoms with E-state index in [1.807, 2.05) is 6.92 Å². The fraction of sp³-hybridized carbons (Fsp3) is 0.571. The van der Waals surface area contributed by atoms with E-state index in [0.717, 1.165) is 19.4 Å². The van der Waals surface area contributed by atoms with E-state index in [0.29, 0.717) is 23.5 Å². The summed E-state index contributed by atoms with van der Waals surface area (Å²) in [6.07, 6.45) is 2.44. The summed E-state index contributed by atoms with van der Waals surface area (Å²) in [6.45, 7) is 4.91. The Labute approximate surface area is 101 Å². The molecule has 2 atom stereocenters. The van der Waals surface area contributed by atoms with Gasteiger partial charge in [0, 0.05) is 11.6 Å². The van der Waals surface area contributed by atoms with Crippen LogP contribution in [0.25, 0.3) is 0 Å². The third-order valence-corrected chi connectivity index (χ3v) is 3.57. The Bertz CT molecular complexity index is 403. The van der Waals surface area contributed by atoms with Gasteiger partial charge in [0.05, 0.1) is 0 Å². The molecule has 1 N–H and O–H groups in total. The average molecular weight is 239 g/mol. The quantitative estimate of drug-likeness (QED) is 0.778. The van der Waals surface area contributed by atoms with Crippen molar-refractivity contribution in [3.63, 3.8) is 0 Å². The molecule has 1 aromatic rings. The highest BCUT2D eigenvalue weighted by Crippen LogP contribution is 2.34. The number of hydrogen-bond acceptors (Lipinski definition) is 1. The molecule has 3 heteroatoms. The zero-order valence-electron chi connectivity index (χ0n) is 10.4. The third-order valence-electron chi connectivity index (χ3n) is 3.57. The lowest BCUT2D eigenvalue weighted by molar-refractivity contribution is 0.406. The Balaban J connectivity index is 2.47. The molecule has 0 bridgehead atoms. The fourth-order valence-electron chi connectivity index (χ4n) is 2.70. The lowest BCUT2D eigenvalue weighted by Gasteiger charge is -2.21. The van der Waals surface area contributed by atoms with Gasteiger partial charge in [0.15, 0.2) is 0 Å². The second kappa shape index (κ2) is 5.13. The van der Waals surface area contributed by atoms with Crippen LogP contribution in [0.1, 0.15) is 43.9 Å². The smallest absolute Gasteiger partial charge is 0.128 e. The predicted octanol–water partition coefficient (Wildman–Crippen LogP) is 3.59. The monoisotopic (exact) mass is 239 g/mol. The van der Waals surface area contributed by atoms with Crippen LogP contribution in [-0.2, 0) is 6.42 Å². The molecular formula is C14H19F2N. The van der Waals surface area contributed by atoms with Crippen LogP contribution in [0.15, 0.2) is 12.1 Å². The molecule has 0 heterocycles. The molecule has 0 fully saturated rings. The molecule has 1 aromatic carbocycles. The molecule has 0 spiro atoms. The van der Waals surface area contributed by atoms with Crippen molar-refractivity contribution >= 4 is 0 Å².